The maximum atomic E-state index is 12.8. The number of hydrogen-bond acceptors (Lipinski definition) is 2. The van der Waals surface area contributed by atoms with Gasteiger partial charge in [0.05, 0.1) is 6.04 Å². The smallest absolute Gasteiger partial charge is 0.317 e. The number of carbonyl (C=O) groups excluding carboxylic acids is 2. The highest BCUT2D eigenvalue weighted by Crippen LogP contribution is 2.23. The van der Waals surface area contributed by atoms with E-state index in [1.54, 1.807) is 0 Å². The van der Waals surface area contributed by atoms with Crippen LogP contribution in [0.1, 0.15) is 38.3 Å². The standard InChI is InChI=1S/C23H29N3O2/c1-17(2)21(18-9-5-3-6-10-18)25-23(28)26-15-13-19(14-16-26)22(27)24-20-11-7-4-8-12-20/h3-12,17,19,21H,13-16H2,1-2H3,(H,24,27)(H,25,28)/t21-/m1/s1. The van der Waals surface area contributed by atoms with Crippen LogP contribution in [0.15, 0.2) is 60.7 Å². The fraction of sp³-hybridized carbons (Fsp3) is 0.391. The molecule has 0 unspecified atom stereocenters. The summed E-state index contributed by atoms with van der Waals surface area (Å²) in [5.74, 6) is 0.274. The number of hydrogen-bond donors (Lipinski definition) is 2. The number of amides is 3. The molecule has 1 atom stereocenters. The first-order chi connectivity index (χ1) is 13.5. The minimum Gasteiger partial charge on any atom is -0.331 e. The van der Waals surface area contributed by atoms with Crippen molar-refractivity contribution < 1.29 is 9.59 Å². The van der Waals surface area contributed by atoms with Gasteiger partial charge in [-0.2, -0.15) is 0 Å². The van der Waals surface area contributed by atoms with Gasteiger partial charge in [-0.15, -0.1) is 0 Å². The number of nitrogens with zero attached hydrogens (tertiary/aromatic N) is 1. The Morgan fingerprint density at radius 3 is 2.07 bits per heavy atom. The molecule has 0 radical (unpaired) electrons. The van der Waals surface area contributed by atoms with E-state index in [0.717, 1.165) is 11.3 Å². The first-order valence-corrected chi connectivity index (χ1v) is 10.0. The van der Waals surface area contributed by atoms with E-state index >= 15 is 0 Å². The molecule has 5 nitrogen and oxygen atoms in total. The van der Waals surface area contributed by atoms with E-state index in [1.807, 2.05) is 65.6 Å². The molecule has 1 saturated heterocycles. The van der Waals surface area contributed by atoms with Crippen LogP contribution in [0.4, 0.5) is 10.5 Å². The van der Waals surface area contributed by atoms with Gasteiger partial charge in [0, 0.05) is 24.7 Å². The average Bonchev–Trinajstić information content (AvgIpc) is 2.73. The highest BCUT2D eigenvalue weighted by molar-refractivity contribution is 5.92. The van der Waals surface area contributed by atoms with Gasteiger partial charge in [-0.1, -0.05) is 62.4 Å². The molecule has 0 bridgehead atoms. The first-order valence-electron chi connectivity index (χ1n) is 10.0. The Labute approximate surface area is 167 Å². The Bertz CT molecular complexity index is 769. The molecule has 3 rings (SSSR count). The van der Waals surface area contributed by atoms with Gasteiger partial charge in [0.15, 0.2) is 0 Å². The highest BCUT2D eigenvalue weighted by Gasteiger charge is 2.29. The quantitative estimate of drug-likeness (QED) is 0.806. The predicted molar refractivity (Wildman–Crippen MR) is 112 cm³/mol. The molecule has 1 fully saturated rings. The lowest BCUT2D eigenvalue weighted by molar-refractivity contribution is -0.121. The SMILES string of the molecule is CC(C)[C@@H](NC(=O)N1CCC(C(=O)Nc2ccccc2)CC1)c1ccccc1. The Kier molecular flexibility index (Phi) is 6.69. The van der Waals surface area contributed by atoms with E-state index in [1.165, 1.54) is 0 Å². The van der Waals surface area contributed by atoms with Crippen molar-refractivity contribution in [3.8, 4) is 0 Å². The molecule has 28 heavy (non-hydrogen) atoms. The monoisotopic (exact) mass is 379 g/mol. The molecular weight excluding hydrogens is 350 g/mol. The summed E-state index contributed by atoms with van der Waals surface area (Å²) < 4.78 is 0. The third kappa shape index (κ3) is 5.12. The lowest BCUT2D eigenvalue weighted by Crippen LogP contribution is -2.47. The summed E-state index contributed by atoms with van der Waals surface area (Å²) in [5, 5.41) is 6.14. The summed E-state index contributed by atoms with van der Waals surface area (Å²) in [4.78, 5) is 27.1. The van der Waals surface area contributed by atoms with Gasteiger partial charge in [0.1, 0.15) is 0 Å². The van der Waals surface area contributed by atoms with Crippen molar-refractivity contribution in [2.24, 2.45) is 11.8 Å². The molecule has 3 amide bonds. The third-order valence-corrected chi connectivity index (χ3v) is 5.30. The second-order valence-electron chi connectivity index (χ2n) is 7.70. The topological polar surface area (TPSA) is 61.4 Å². The van der Waals surface area contributed by atoms with Crippen molar-refractivity contribution in [2.75, 3.05) is 18.4 Å². The molecule has 2 aromatic carbocycles. The molecule has 5 heteroatoms. The molecule has 148 valence electrons. The predicted octanol–water partition coefficient (Wildman–Crippen LogP) is 4.44. The largest absolute Gasteiger partial charge is 0.331 e. The van der Waals surface area contributed by atoms with Gasteiger partial charge >= 0.3 is 6.03 Å². The highest BCUT2D eigenvalue weighted by atomic mass is 16.2. The number of anilines is 1. The zero-order valence-electron chi connectivity index (χ0n) is 16.6. The number of benzene rings is 2. The molecule has 0 aliphatic carbocycles. The molecule has 2 N–H and O–H groups in total. The maximum Gasteiger partial charge on any atom is 0.317 e. The molecule has 2 aromatic rings. The van der Waals surface area contributed by atoms with Crippen LogP contribution < -0.4 is 10.6 Å². The van der Waals surface area contributed by atoms with Crippen molar-refractivity contribution in [1.82, 2.24) is 10.2 Å². The lowest BCUT2D eigenvalue weighted by Gasteiger charge is -2.33. The normalized spacial score (nSPS) is 15.9. The van der Waals surface area contributed by atoms with Crippen LogP contribution in [-0.4, -0.2) is 29.9 Å². The molecule has 0 spiro atoms. The minimum atomic E-state index is -0.0562. The van der Waals surface area contributed by atoms with Crippen molar-refractivity contribution in [3.63, 3.8) is 0 Å². The minimum absolute atomic E-state index is 0.0206. The second-order valence-corrected chi connectivity index (χ2v) is 7.70. The number of rotatable bonds is 5. The van der Waals surface area contributed by atoms with E-state index in [2.05, 4.69) is 24.5 Å². The number of nitrogens with one attached hydrogen (secondary N) is 2. The van der Waals surface area contributed by atoms with E-state index in [9.17, 15) is 9.59 Å². The summed E-state index contributed by atoms with van der Waals surface area (Å²) in [6.45, 7) is 5.41. The molecule has 0 saturated carbocycles. The second kappa shape index (κ2) is 9.40. The molecule has 0 aromatic heterocycles. The molecule has 1 aliphatic rings. The van der Waals surface area contributed by atoms with E-state index < -0.39 is 0 Å². The van der Waals surface area contributed by atoms with Gasteiger partial charge in [-0.25, -0.2) is 4.79 Å². The van der Waals surface area contributed by atoms with Crippen LogP contribution in [0.25, 0.3) is 0 Å². The molecule has 1 heterocycles. The van der Waals surface area contributed by atoms with Gasteiger partial charge in [0.2, 0.25) is 5.91 Å². The zero-order chi connectivity index (χ0) is 19.9. The number of carbonyl (C=O) groups is 2. The maximum absolute atomic E-state index is 12.8. The lowest BCUT2D eigenvalue weighted by atomic mass is 9.95. The first kappa shape index (κ1) is 19.9. The summed E-state index contributed by atoms with van der Waals surface area (Å²) in [5.41, 5.74) is 1.93. The third-order valence-electron chi connectivity index (χ3n) is 5.30. The Morgan fingerprint density at radius 2 is 1.50 bits per heavy atom. The van der Waals surface area contributed by atoms with Crippen LogP contribution in [-0.2, 0) is 4.79 Å². The van der Waals surface area contributed by atoms with Crippen LogP contribution in [0, 0.1) is 11.8 Å². The number of para-hydroxylation sites is 1. The van der Waals surface area contributed by atoms with E-state index in [0.29, 0.717) is 31.8 Å². The number of urea groups is 1. The van der Waals surface area contributed by atoms with Crippen LogP contribution in [0.2, 0.25) is 0 Å². The summed E-state index contributed by atoms with van der Waals surface area (Å²) in [6, 6.07) is 19.5. The average molecular weight is 380 g/mol. The van der Waals surface area contributed by atoms with Gasteiger partial charge < -0.3 is 15.5 Å². The molecule has 1 aliphatic heterocycles. The van der Waals surface area contributed by atoms with Crippen molar-refractivity contribution in [3.05, 3.63) is 66.2 Å². The van der Waals surface area contributed by atoms with Crippen LogP contribution in [0.5, 0.6) is 0 Å². The number of likely N-dealkylation sites (tertiary alicyclic amines) is 1. The molecular formula is C23H29N3O2. The Hall–Kier alpha value is -2.82. The summed E-state index contributed by atoms with van der Waals surface area (Å²) in [7, 11) is 0. The fourth-order valence-corrected chi connectivity index (χ4v) is 3.63. The van der Waals surface area contributed by atoms with Gasteiger partial charge in [0.25, 0.3) is 0 Å². The van der Waals surface area contributed by atoms with Crippen LogP contribution in [0.3, 0.4) is 0 Å². The van der Waals surface area contributed by atoms with Gasteiger partial charge in [-0.3, -0.25) is 4.79 Å². The van der Waals surface area contributed by atoms with E-state index in [4.69, 9.17) is 0 Å². The fourth-order valence-electron chi connectivity index (χ4n) is 3.63. The number of piperidine rings is 1. The zero-order valence-corrected chi connectivity index (χ0v) is 16.6. The van der Waals surface area contributed by atoms with Crippen molar-refractivity contribution in [1.29, 1.82) is 0 Å². The Balaban J connectivity index is 1.52. The summed E-state index contributed by atoms with van der Waals surface area (Å²) >= 11 is 0. The van der Waals surface area contributed by atoms with Crippen molar-refractivity contribution in [2.45, 2.75) is 32.7 Å². The van der Waals surface area contributed by atoms with Crippen molar-refractivity contribution >= 4 is 17.6 Å². The Morgan fingerprint density at radius 1 is 0.929 bits per heavy atom. The summed E-state index contributed by atoms with van der Waals surface area (Å²) in [6.07, 6.45) is 1.37. The van der Waals surface area contributed by atoms with E-state index in [-0.39, 0.29) is 23.9 Å². The van der Waals surface area contributed by atoms with Crippen LogP contribution >= 0.6 is 0 Å². The van der Waals surface area contributed by atoms with Gasteiger partial charge in [-0.05, 0) is 36.5 Å².